The molecule has 0 fully saturated rings. The second-order valence-electron chi connectivity index (χ2n) is 21.3. The minimum absolute atomic E-state index is 0.00741. The van der Waals surface area contributed by atoms with Crippen molar-refractivity contribution < 1.29 is 77.2 Å². The first-order chi connectivity index (χ1) is 41.6. The molecule has 0 saturated carbocycles. The van der Waals surface area contributed by atoms with Gasteiger partial charge in [-0.15, -0.1) is 0 Å². The molecule has 0 bridgehead atoms. The van der Waals surface area contributed by atoms with Crippen molar-refractivity contribution in [3.8, 4) is 5.75 Å². The largest absolute Gasteiger partial charge is 0.497 e. The van der Waals surface area contributed by atoms with E-state index in [0.717, 1.165) is 18.2 Å². The van der Waals surface area contributed by atoms with Crippen molar-refractivity contribution in [1.29, 1.82) is 0 Å². The van der Waals surface area contributed by atoms with E-state index in [1.807, 2.05) is 0 Å². The fraction of sp³-hybridized carbons (Fsp3) is 0.421. The lowest BCUT2D eigenvalue weighted by Crippen LogP contribution is -2.60. The zero-order chi connectivity index (χ0) is 64.9. The summed E-state index contributed by atoms with van der Waals surface area (Å²) >= 11 is 0. The van der Waals surface area contributed by atoms with Crippen LogP contribution in [0, 0.1) is 32.1 Å². The highest BCUT2D eigenvalue weighted by molar-refractivity contribution is 5.98. The van der Waals surface area contributed by atoms with Gasteiger partial charge in [-0.1, -0.05) is 45.9 Å². The summed E-state index contributed by atoms with van der Waals surface area (Å²) in [4.78, 5) is 170. The molecule has 0 aliphatic rings. The molecular formula is C57H70N12O19. The highest BCUT2D eigenvalue weighted by Gasteiger charge is 2.35. The quantitative estimate of drug-likeness (QED) is 0.0119. The lowest BCUT2D eigenvalue weighted by atomic mass is 10.00. The van der Waals surface area contributed by atoms with Crippen LogP contribution in [0.4, 0.5) is 17.1 Å². The Morgan fingerprint density at radius 2 is 1.35 bits per heavy atom. The van der Waals surface area contributed by atoms with Crippen molar-refractivity contribution in [2.24, 2.45) is 17.6 Å². The number of carbonyl (C=O) groups excluding carboxylic acids is 8. The minimum Gasteiger partial charge on any atom is -0.497 e. The maximum absolute atomic E-state index is 14.0. The second-order valence-corrected chi connectivity index (χ2v) is 21.3. The lowest BCUT2D eigenvalue weighted by Gasteiger charge is -2.28. The molecule has 3 aromatic carbocycles. The maximum Gasteiger partial charge on any atom is 0.336 e. The van der Waals surface area contributed by atoms with Crippen LogP contribution in [0.1, 0.15) is 83.8 Å². The Labute approximate surface area is 501 Å². The molecule has 31 heteroatoms. The number of non-ortho nitro benzene ring substituents is 1. The summed E-state index contributed by atoms with van der Waals surface area (Å²) in [5.41, 5.74) is 5.54. The van der Waals surface area contributed by atoms with Gasteiger partial charge < -0.3 is 72.6 Å². The first kappa shape index (κ1) is 68.3. The SMILES string of the molecule is COc1ccc2c(CC(=O)N[C@@H](CC(C)C)C(=O)N[C@@H](CCC(=O)O)C(=O)N[C@H](C(=O)N[C@@H](CC(=O)O)C(=O)NCC(=O)N[C@@H](Cc3c[nH]c4ccccc34)C(=O)N[C@@H](CCCCNc3ccc([N+](=O)[O-])cc3[N+](=O)[O-])C(N)=O)C(C)C)cc(=O)oc2c1. The highest BCUT2D eigenvalue weighted by Crippen LogP contribution is 2.29. The van der Waals surface area contributed by atoms with E-state index in [-0.39, 0.29) is 67.8 Å². The zero-order valence-corrected chi connectivity index (χ0v) is 48.6. The minimum atomic E-state index is -1.90. The van der Waals surface area contributed by atoms with Crippen molar-refractivity contribution in [2.45, 2.75) is 122 Å². The summed E-state index contributed by atoms with van der Waals surface area (Å²) in [7, 11) is 1.42. The predicted octanol–water partition coefficient (Wildman–Crippen LogP) is 1.72. The van der Waals surface area contributed by atoms with E-state index >= 15 is 0 Å². The third-order valence-corrected chi connectivity index (χ3v) is 13.7. The molecule has 472 valence electrons. The Balaban J connectivity index is 1.24. The number of fused-ring (bicyclic) bond motifs is 2. The molecule has 5 aromatic rings. The molecule has 31 nitrogen and oxygen atoms in total. The van der Waals surface area contributed by atoms with Gasteiger partial charge in [-0.25, -0.2) is 4.79 Å². The number of H-pyrrole nitrogens is 1. The summed E-state index contributed by atoms with van der Waals surface area (Å²) in [5, 5.41) is 63.1. The standard InChI is InChI=1S/C57H70N12O19/c1-29(2)20-41(62-46(70)22-31-23-50(76)88-45-25-34(87-5)14-15-36(31)45)55(80)65-40(17-18-48(72)73)54(79)67-51(30(3)4)57(82)66-43(26-49(74)75)53(78)61-28-47(71)63-42(21-32-27-60-37-11-7-6-10-35(32)37)56(81)64-39(52(58)77)12-8-9-19-59-38-16-13-33(68(83)84)24-44(38)69(85)86/h6-7,10-11,13-16,23-25,27,29-30,39-43,51,59-60H,8-9,12,17-22,26,28H2,1-5H3,(H2,58,77)(H,61,78)(H,62,70)(H,63,71)(H,64,81)(H,65,80)(H,66,82)(H,67,79)(H,72,73)(H,74,75)/t39-,40-,41-,42-,43-,51-/m0/s1. The van der Waals surface area contributed by atoms with Crippen molar-refractivity contribution in [1.82, 2.24) is 42.2 Å². The number of anilines is 1. The van der Waals surface area contributed by atoms with Gasteiger partial charge in [-0.3, -0.25) is 68.2 Å². The fourth-order valence-corrected chi connectivity index (χ4v) is 9.30. The van der Waals surface area contributed by atoms with Crippen LogP contribution in [-0.4, -0.2) is 141 Å². The van der Waals surface area contributed by atoms with Crippen molar-refractivity contribution in [2.75, 3.05) is 25.5 Å². The van der Waals surface area contributed by atoms with Gasteiger partial charge in [0.25, 0.3) is 11.4 Å². The van der Waals surface area contributed by atoms with E-state index in [9.17, 15) is 83.2 Å². The van der Waals surface area contributed by atoms with Gasteiger partial charge in [0.2, 0.25) is 47.3 Å². The molecule has 0 spiro atoms. The number of aromatic nitrogens is 1. The molecule has 88 heavy (non-hydrogen) atoms. The van der Waals surface area contributed by atoms with E-state index in [0.29, 0.717) is 27.6 Å². The number of nitrogens with two attached hydrogens (primary N) is 1. The summed E-state index contributed by atoms with van der Waals surface area (Å²) in [5.74, 6) is -11.4. The van der Waals surface area contributed by atoms with Crippen LogP contribution in [-0.2, 0) is 60.8 Å². The number of aliphatic carboxylic acids is 2. The Kier molecular flexibility index (Phi) is 24.9. The molecule has 0 aliphatic heterocycles. The average Bonchev–Trinajstić information content (AvgIpc) is 2.60. The van der Waals surface area contributed by atoms with E-state index < -0.39 is 154 Å². The first-order valence-corrected chi connectivity index (χ1v) is 27.8. The Hall–Kier alpha value is -10.5. The monoisotopic (exact) mass is 1230 g/mol. The normalized spacial score (nSPS) is 13.2. The number of methoxy groups -OCH3 is 1. The molecule has 0 unspecified atom stereocenters. The number of amides is 8. The third-order valence-electron chi connectivity index (χ3n) is 13.7. The Morgan fingerprint density at radius 3 is 2.00 bits per heavy atom. The Morgan fingerprint density at radius 1 is 0.682 bits per heavy atom. The number of hydrogen-bond donors (Lipinski definition) is 12. The van der Waals surface area contributed by atoms with Crippen molar-refractivity contribution >= 4 is 98.1 Å². The van der Waals surface area contributed by atoms with Crippen LogP contribution in [0.15, 0.2) is 82.1 Å². The van der Waals surface area contributed by atoms with Crippen LogP contribution < -0.4 is 58.6 Å². The third kappa shape index (κ3) is 20.4. The highest BCUT2D eigenvalue weighted by atomic mass is 16.6. The molecule has 2 aromatic heterocycles. The molecule has 0 radical (unpaired) electrons. The van der Waals surface area contributed by atoms with Gasteiger partial charge in [-0.2, -0.15) is 0 Å². The Bertz CT molecular complexity index is 3490. The molecule has 2 heterocycles. The number of aromatic amines is 1. The number of ether oxygens (including phenoxy) is 1. The number of nitro benzene ring substituents is 2. The zero-order valence-electron chi connectivity index (χ0n) is 48.6. The second kappa shape index (κ2) is 32.1. The summed E-state index contributed by atoms with van der Waals surface area (Å²) in [6.07, 6.45) is -0.702. The van der Waals surface area contributed by atoms with Gasteiger partial charge in [0.05, 0.1) is 42.4 Å². The number of carboxylic acid groups (broad SMARTS) is 2. The van der Waals surface area contributed by atoms with Crippen LogP contribution in [0.3, 0.4) is 0 Å². The molecule has 0 saturated heterocycles. The summed E-state index contributed by atoms with van der Waals surface area (Å²) < 4.78 is 10.5. The summed E-state index contributed by atoms with van der Waals surface area (Å²) in [6, 6.07) is 6.71. The number of primary amides is 1. The fourth-order valence-electron chi connectivity index (χ4n) is 9.30. The van der Waals surface area contributed by atoms with Gasteiger partial charge in [0.15, 0.2) is 0 Å². The van der Waals surface area contributed by atoms with Crippen LogP contribution in [0.5, 0.6) is 5.75 Å². The smallest absolute Gasteiger partial charge is 0.336 e. The number of para-hydroxylation sites is 1. The number of unbranched alkanes of at least 4 members (excludes halogenated alkanes) is 1. The van der Waals surface area contributed by atoms with Crippen LogP contribution in [0.2, 0.25) is 0 Å². The van der Waals surface area contributed by atoms with Gasteiger partial charge >= 0.3 is 17.6 Å². The first-order valence-electron chi connectivity index (χ1n) is 27.8. The number of rotatable bonds is 35. The summed E-state index contributed by atoms with van der Waals surface area (Å²) in [6.45, 7) is 5.67. The van der Waals surface area contributed by atoms with Crippen LogP contribution in [0.25, 0.3) is 21.9 Å². The molecule has 6 atom stereocenters. The van der Waals surface area contributed by atoms with Crippen molar-refractivity contribution in [3.63, 3.8) is 0 Å². The molecule has 5 rings (SSSR count). The van der Waals surface area contributed by atoms with E-state index in [4.69, 9.17) is 14.9 Å². The number of nitro groups is 2. The molecule has 0 aliphatic carbocycles. The topological polar surface area (TPSA) is 475 Å². The number of hydrogen-bond acceptors (Lipinski definition) is 18. The average molecular weight is 1230 g/mol. The van der Waals surface area contributed by atoms with Gasteiger partial charge in [0, 0.05) is 60.1 Å². The molecular weight excluding hydrogens is 1160 g/mol. The maximum atomic E-state index is 14.0. The molecule has 8 amide bonds. The van der Waals surface area contributed by atoms with Gasteiger partial charge in [0.1, 0.15) is 53.3 Å². The van der Waals surface area contributed by atoms with Crippen molar-refractivity contribution in [3.05, 3.63) is 115 Å². The predicted molar refractivity (Wildman–Crippen MR) is 314 cm³/mol. The lowest BCUT2D eigenvalue weighted by molar-refractivity contribution is -0.393. The van der Waals surface area contributed by atoms with Crippen LogP contribution >= 0.6 is 0 Å². The number of nitrogens with one attached hydrogen (secondary N) is 9. The van der Waals surface area contributed by atoms with Gasteiger partial charge in [-0.05, 0) is 79.3 Å². The molecule has 13 N–H and O–H groups in total. The van der Waals surface area contributed by atoms with E-state index in [2.05, 4.69) is 47.5 Å². The number of carboxylic acids is 2. The van der Waals surface area contributed by atoms with E-state index in [1.165, 1.54) is 33.1 Å². The number of benzene rings is 3. The van der Waals surface area contributed by atoms with E-state index in [1.54, 1.807) is 56.4 Å². The number of nitrogens with zero attached hydrogens (tertiary/aromatic N) is 2. The number of carbonyl (C=O) groups is 10.